The summed E-state index contributed by atoms with van der Waals surface area (Å²) in [6.07, 6.45) is 0.822. The van der Waals surface area contributed by atoms with Gasteiger partial charge in [0.15, 0.2) is 0 Å². The van der Waals surface area contributed by atoms with Gasteiger partial charge in [-0.2, -0.15) is 0 Å². The highest BCUT2D eigenvalue weighted by Crippen LogP contribution is 2.32. The van der Waals surface area contributed by atoms with Crippen LogP contribution in [0.15, 0.2) is 66.7 Å². The van der Waals surface area contributed by atoms with Crippen molar-refractivity contribution in [3.05, 3.63) is 72.3 Å². The number of benzene rings is 3. The highest BCUT2D eigenvalue weighted by atomic mass is 14.6. The van der Waals surface area contributed by atoms with Gasteiger partial charge in [0.1, 0.15) is 0 Å². The van der Waals surface area contributed by atoms with Crippen molar-refractivity contribution in [2.24, 2.45) is 5.73 Å². The van der Waals surface area contributed by atoms with Gasteiger partial charge in [-0.1, -0.05) is 54.1 Å². The predicted octanol–water partition coefficient (Wildman–Crippen LogP) is 4.96. The molecule has 0 aromatic heterocycles. The second-order valence-electron chi connectivity index (χ2n) is 5.50. The third-order valence-corrected chi connectivity index (χ3v) is 3.77. The van der Waals surface area contributed by atoms with Crippen molar-refractivity contribution in [3.8, 4) is 0 Å². The number of fused-ring (bicyclic) bond motifs is 3. The van der Waals surface area contributed by atoms with Gasteiger partial charge in [0.05, 0.1) is 0 Å². The zero-order valence-corrected chi connectivity index (χ0v) is 11.8. The van der Waals surface area contributed by atoms with Crippen molar-refractivity contribution in [2.75, 3.05) is 0 Å². The van der Waals surface area contributed by atoms with Crippen LogP contribution in [0.3, 0.4) is 0 Å². The summed E-state index contributed by atoms with van der Waals surface area (Å²) in [6, 6.07) is 19.2. The molecule has 0 fully saturated rings. The Morgan fingerprint density at radius 2 is 1.60 bits per heavy atom. The van der Waals surface area contributed by atoms with Gasteiger partial charge in [0, 0.05) is 6.04 Å². The summed E-state index contributed by atoms with van der Waals surface area (Å²) in [5, 5.41) is 5.06. The molecule has 0 saturated heterocycles. The third kappa shape index (κ3) is 2.21. The van der Waals surface area contributed by atoms with E-state index in [1.807, 2.05) is 6.92 Å². The fourth-order valence-corrected chi connectivity index (χ4v) is 2.88. The Bertz CT molecular complexity index is 786. The van der Waals surface area contributed by atoms with E-state index in [2.05, 4.69) is 61.2 Å². The van der Waals surface area contributed by atoms with Crippen LogP contribution < -0.4 is 5.73 Å². The van der Waals surface area contributed by atoms with E-state index in [9.17, 15) is 0 Å². The molecular formula is C19H19N. The van der Waals surface area contributed by atoms with Crippen LogP contribution in [0.5, 0.6) is 0 Å². The number of rotatable bonds is 3. The minimum atomic E-state index is 0.00186. The molecule has 0 aliphatic heterocycles. The van der Waals surface area contributed by atoms with Crippen molar-refractivity contribution in [1.29, 1.82) is 0 Å². The topological polar surface area (TPSA) is 26.0 Å². The molecule has 1 atom stereocenters. The predicted molar refractivity (Wildman–Crippen MR) is 87.8 cm³/mol. The molecule has 2 N–H and O–H groups in total. The van der Waals surface area contributed by atoms with Crippen LogP contribution in [-0.2, 0) is 0 Å². The van der Waals surface area contributed by atoms with Crippen LogP contribution >= 0.6 is 0 Å². The van der Waals surface area contributed by atoms with Gasteiger partial charge < -0.3 is 5.73 Å². The van der Waals surface area contributed by atoms with Gasteiger partial charge in [-0.15, -0.1) is 6.58 Å². The standard InChI is InChI=1S/C19H19N/c1-13(2)11-19(20)18-12-14-7-3-4-8-15(14)16-9-5-6-10-17(16)18/h3-10,12,19H,1,11,20H2,2H3/t19-/m1/s1. The molecule has 100 valence electrons. The first kappa shape index (κ1) is 12.9. The maximum absolute atomic E-state index is 6.39. The number of nitrogens with two attached hydrogens (primary N) is 1. The van der Waals surface area contributed by atoms with Crippen molar-refractivity contribution in [3.63, 3.8) is 0 Å². The molecule has 0 spiro atoms. The molecule has 0 radical (unpaired) electrons. The van der Waals surface area contributed by atoms with Crippen LogP contribution in [0.1, 0.15) is 24.9 Å². The molecule has 0 aliphatic rings. The van der Waals surface area contributed by atoms with Gasteiger partial charge in [-0.25, -0.2) is 0 Å². The summed E-state index contributed by atoms with van der Waals surface area (Å²) in [5.41, 5.74) is 8.72. The first-order valence-corrected chi connectivity index (χ1v) is 6.97. The Morgan fingerprint density at radius 3 is 2.30 bits per heavy atom. The van der Waals surface area contributed by atoms with Crippen molar-refractivity contribution in [1.82, 2.24) is 0 Å². The van der Waals surface area contributed by atoms with E-state index in [4.69, 9.17) is 5.73 Å². The SMILES string of the molecule is C=C(C)C[C@@H](N)c1cc2ccccc2c2ccccc12. The zero-order chi connectivity index (χ0) is 14.1. The van der Waals surface area contributed by atoms with Gasteiger partial charge in [0.2, 0.25) is 0 Å². The molecule has 3 rings (SSSR count). The van der Waals surface area contributed by atoms with Crippen molar-refractivity contribution < 1.29 is 0 Å². The van der Waals surface area contributed by atoms with Crippen molar-refractivity contribution >= 4 is 21.5 Å². The van der Waals surface area contributed by atoms with E-state index in [-0.39, 0.29) is 6.04 Å². The van der Waals surface area contributed by atoms with Crippen LogP contribution in [0.25, 0.3) is 21.5 Å². The smallest absolute Gasteiger partial charge is 0.0338 e. The molecule has 20 heavy (non-hydrogen) atoms. The molecule has 1 heteroatoms. The van der Waals surface area contributed by atoms with Gasteiger partial charge in [-0.05, 0) is 46.5 Å². The quantitative estimate of drug-likeness (QED) is 0.523. The van der Waals surface area contributed by atoms with E-state index in [0.717, 1.165) is 12.0 Å². The van der Waals surface area contributed by atoms with Gasteiger partial charge in [-0.3, -0.25) is 0 Å². The molecule has 3 aromatic rings. The second-order valence-corrected chi connectivity index (χ2v) is 5.50. The van der Waals surface area contributed by atoms with E-state index in [1.165, 1.54) is 27.1 Å². The summed E-state index contributed by atoms with van der Waals surface area (Å²) in [7, 11) is 0. The second kappa shape index (κ2) is 5.10. The fraction of sp³-hybridized carbons (Fsp3) is 0.158. The Morgan fingerprint density at radius 1 is 1.00 bits per heavy atom. The van der Waals surface area contributed by atoms with E-state index < -0.39 is 0 Å². The van der Waals surface area contributed by atoms with Crippen molar-refractivity contribution in [2.45, 2.75) is 19.4 Å². The average molecular weight is 261 g/mol. The molecule has 0 bridgehead atoms. The summed E-state index contributed by atoms with van der Waals surface area (Å²) in [6.45, 7) is 6.01. The van der Waals surface area contributed by atoms with E-state index >= 15 is 0 Å². The largest absolute Gasteiger partial charge is 0.324 e. The summed E-state index contributed by atoms with van der Waals surface area (Å²) in [5.74, 6) is 0. The molecule has 0 heterocycles. The molecular weight excluding hydrogens is 242 g/mol. The Hall–Kier alpha value is -2.12. The zero-order valence-electron chi connectivity index (χ0n) is 11.8. The molecule has 0 amide bonds. The van der Waals surface area contributed by atoms with Gasteiger partial charge >= 0.3 is 0 Å². The molecule has 0 aliphatic carbocycles. The number of hydrogen-bond acceptors (Lipinski definition) is 1. The molecule has 0 saturated carbocycles. The highest BCUT2D eigenvalue weighted by molar-refractivity contribution is 6.09. The Labute approximate surface area is 119 Å². The van der Waals surface area contributed by atoms with Crippen LogP contribution in [-0.4, -0.2) is 0 Å². The van der Waals surface area contributed by atoms with E-state index in [1.54, 1.807) is 0 Å². The summed E-state index contributed by atoms with van der Waals surface area (Å²) in [4.78, 5) is 0. The minimum Gasteiger partial charge on any atom is -0.324 e. The molecule has 1 nitrogen and oxygen atoms in total. The maximum atomic E-state index is 6.39. The number of hydrogen-bond donors (Lipinski definition) is 1. The van der Waals surface area contributed by atoms with Crippen LogP contribution in [0, 0.1) is 0 Å². The summed E-state index contributed by atoms with van der Waals surface area (Å²) < 4.78 is 0. The van der Waals surface area contributed by atoms with E-state index in [0.29, 0.717) is 0 Å². The first-order chi connectivity index (χ1) is 9.66. The normalized spacial score (nSPS) is 12.7. The summed E-state index contributed by atoms with van der Waals surface area (Å²) >= 11 is 0. The third-order valence-electron chi connectivity index (χ3n) is 3.77. The maximum Gasteiger partial charge on any atom is 0.0338 e. The lowest BCUT2D eigenvalue weighted by atomic mass is 9.91. The lowest BCUT2D eigenvalue weighted by Crippen LogP contribution is -2.11. The average Bonchev–Trinajstić information content (AvgIpc) is 2.45. The van der Waals surface area contributed by atoms with Crippen LogP contribution in [0.2, 0.25) is 0 Å². The monoisotopic (exact) mass is 261 g/mol. The molecule has 0 unspecified atom stereocenters. The lowest BCUT2D eigenvalue weighted by Gasteiger charge is -2.16. The highest BCUT2D eigenvalue weighted by Gasteiger charge is 2.12. The Kier molecular flexibility index (Phi) is 3.29. The molecule has 3 aromatic carbocycles. The Balaban J connectivity index is 2.31. The minimum absolute atomic E-state index is 0.00186. The van der Waals surface area contributed by atoms with Crippen LogP contribution in [0.4, 0.5) is 0 Å². The fourth-order valence-electron chi connectivity index (χ4n) is 2.88. The lowest BCUT2D eigenvalue weighted by molar-refractivity contribution is 0.724. The van der Waals surface area contributed by atoms with Gasteiger partial charge in [0.25, 0.3) is 0 Å². The first-order valence-electron chi connectivity index (χ1n) is 6.97.